The van der Waals surface area contributed by atoms with Gasteiger partial charge in [0.2, 0.25) is 0 Å². The first-order valence-electron chi connectivity index (χ1n) is 7.22. The van der Waals surface area contributed by atoms with E-state index in [1.54, 1.807) is 24.3 Å². The second-order valence-electron chi connectivity index (χ2n) is 5.41. The number of carbonyl (C=O) groups excluding carboxylic acids is 4. The predicted molar refractivity (Wildman–Crippen MR) is 84.0 cm³/mol. The molecular formula is C18H13NO5. The second-order valence-corrected chi connectivity index (χ2v) is 5.41. The highest BCUT2D eigenvalue weighted by Gasteiger charge is 2.27. The number of carbonyl (C=O) groups is 4. The van der Waals surface area contributed by atoms with E-state index in [4.69, 9.17) is 4.74 Å². The van der Waals surface area contributed by atoms with Crippen molar-refractivity contribution in [2.75, 3.05) is 6.61 Å². The second kappa shape index (κ2) is 6.08. The van der Waals surface area contributed by atoms with Crippen LogP contribution in [0.2, 0.25) is 0 Å². The maximum Gasteiger partial charge on any atom is 0.338 e. The van der Waals surface area contributed by atoms with Crippen LogP contribution >= 0.6 is 0 Å². The molecule has 2 aromatic carbocycles. The van der Waals surface area contributed by atoms with E-state index in [1.807, 2.05) is 6.92 Å². The highest BCUT2D eigenvalue weighted by molar-refractivity contribution is 6.22. The summed E-state index contributed by atoms with van der Waals surface area (Å²) < 4.78 is 4.99. The lowest BCUT2D eigenvalue weighted by Gasteiger charge is -2.05. The van der Waals surface area contributed by atoms with Crippen LogP contribution < -0.4 is 5.32 Å². The largest absolute Gasteiger partial charge is 0.454 e. The molecule has 0 aliphatic carbocycles. The molecule has 1 aliphatic heterocycles. The summed E-state index contributed by atoms with van der Waals surface area (Å²) in [4.78, 5) is 47.1. The molecule has 3 rings (SSSR count). The third kappa shape index (κ3) is 2.94. The fourth-order valence-corrected chi connectivity index (χ4v) is 2.33. The predicted octanol–water partition coefficient (Wildman–Crippen LogP) is 1.92. The maximum absolute atomic E-state index is 12.0. The Balaban J connectivity index is 1.69. The SMILES string of the molecule is Cc1ccc(C(=O)COC(=O)c2ccc3c(c2)C(=O)NC3=O)cc1. The van der Waals surface area contributed by atoms with Crippen molar-refractivity contribution < 1.29 is 23.9 Å². The molecular weight excluding hydrogens is 310 g/mol. The number of benzene rings is 2. The molecule has 0 radical (unpaired) electrons. The van der Waals surface area contributed by atoms with Crippen molar-refractivity contribution in [2.45, 2.75) is 6.92 Å². The average Bonchev–Trinajstić information content (AvgIpc) is 2.87. The van der Waals surface area contributed by atoms with Gasteiger partial charge >= 0.3 is 5.97 Å². The Morgan fingerprint density at radius 2 is 1.54 bits per heavy atom. The Bertz CT molecular complexity index is 867. The highest BCUT2D eigenvalue weighted by Crippen LogP contribution is 2.18. The van der Waals surface area contributed by atoms with E-state index in [1.165, 1.54) is 18.2 Å². The van der Waals surface area contributed by atoms with Crippen molar-refractivity contribution >= 4 is 23.6 Å². The molecule has 2 aromatic rings. The van der Waals surface area contributed by atoms with Crippen LogP contribution in [0.3, 0.4) is 0 Å². The van der Waals surface area contributed by atoms with Gasteiger partial charge in [0, 0.05) is 5.56 Å². The van der Waals surface area contributed by atoms with Crippen LogP contribution in [0.1, 0.15) is 47.0 Å². The molecule has 0 fully saturated rings. The van der Waals surface area contributed by atoms with E-state index in [2.05, 4.69) is 5.32 Å². The van der Waals surface area contributed by atoms with Crippen molar-refractivity contribution in [1.29, 1.82) is 0 Å². The number of amides is 2. The van der Waals surface area contributed by atoms with Gasteiger partial charge in [0.1, 0.15) is 0 Å². The summed E-state index contributed by atoms with van der Waals surface area (Å²) in [5, 5.41) is 2.14. The third-order valence-electron chi connectivity index (χ3n) is 3.68. The first-order chi connectivity index (χ1) is 11.5. The van der Waals surface area contributed by atoms with E-state index in [0.29, 0.717) is 5.56 Å². The quantitative estimate of drug-likeness (QED) is 0.527. The van der Waals surface area contributed by atoms with Gasteiger partial charge in [0.15, 0.2) is 12.4 Å². The molecule has 120 valence electrons. The zero-order chi connectivity index (χ0) is 17.3. The fourth-order valence-electron chi connectivity index (χ4n) is 2.33. The van der Waals surface area contributed by atoms with Gasteiger partial charge in [0.05, 0.1) is 16.7 Å². The van der Waals surface area contributed by atoms with Crippen LogP contribution in [0.25, 0.3) is 0 Å². The number of fused-ring (bicyclic) bond motifs is 1. The van der Waals surface area contributed by atoms with Crippen molar-refractivity contribution in [3.63, 3.8) is 0 Å². The summed E-state index contributed by atoms with van der Waals surface area (Å²) in [5.74, 6) is -2.10. The number of hydrogen-bond donors (Lipinski definition) is 1. The minimum atomic E-state index is -0.731. The number of esters is 1. The lowest BCUT2D eigenvalue weighted by molar-refractivity contribution is 0.0474. The summed E-state index contributed by atoms with van der Waals surface area (Å²) in [5.41, 5.74) is 1.92. The lowest BCUT2D eigenvalue weighted by Crippen LogP contribution is -2.19. The van der Waals surface area contributed by atoms with Gasteiger partial charge < -0.3 is 4.74 Å². The smallest absolute Gasteiger partial charge is 0.338 e. The third-order valence-corrected chi connectivity index (χ3v) is 3.68. The number of rotatable bonds is 4. The molecule has 0 aromatic heterocycles. The van der Waals surface area contributed by atoms with Crippen LogP contribution in [0, 0.1) is 6.92 Å². The Kier molecular flexibility index (Phi) is 3.95. The number of nitrogens with one attached hydrogen (secondary N) is 1. The van der Waals surface area contributed by atoms with Crippen molar-refractivity contribution in [3.05, 3.63) is 70.3 Å². The first-order valence-corrected chi connectivity index (χ1v) is 7.22. The molecule has 0 saturated carbocycles. The van der Waals surface area contributed by atoms with Crippen LogP contribution in [0.4, 0.5) is 0 Å². The lowest BCUT2D eigenvalue weighted by atomic mass is 10.1. The van der Waals surface area contributed by atoms with Crippen molar-refractivity contribution in [1.82, 2.24) is 5.32 Å². The first kappa shape index (κ1) is 15.6. The molecule has 24 heavy (non-hydrogen) atoms. The Morgan fingerprint density at radius 3 is 2.25 bits per heavy atom. The molecule has 0 bridgehead atoms. The van der Waals surface area contributed by atoms with E-state index >= 15 is 0 Å². The van der Waals surface area contributed by atoms with Crippen LogP contribution in [0.15, 0.2) is 42.5 Å². The van der Waals surface area contributed by atoms with Crippen LogP contribution in [0.5, 0.6) is 0 Å². The standard InChI is InChI=1S/C18H13NO5/c1-10-2-4-11(5-3-10)15(20)9-24-18(23)12-6-7-13-14(8-12)17(22)19-16(13)21/h2-8H,9H2,1H3,(H,19,21,22). The topological polar surface area (TPSA) is 89.5 Å². The molecule has 0 spiro atoms. The highest BCUT2D eigenvalue weighted by atomic mass is 16.5. The monoisotopic (exact) mass is 323 g/mol. The zero-order valence-corrected chi connectivity index (χ0v) is 12.8. The van der Waals surface area contributed by atoms with Crippen LogP contribution in [-0.4, -0.2) is 30.2 Å². The van der Waals surface area contributed by atoms with Gasteiger partial charge in [-0.05, 0) is 25.1 Å². The summed E-state index contributed by atoms with van der Waals surface area (Å²) in [7, 11) is 0. The summed E-state index contributed by atoms with van der Waals surface area (Å²) >= 11 is 0. The molecule has 6 heteroatoms. The summed E-state index contributed by atoms with van der Waals surface area (Å²) in [6.45, 7) is 1.51. The van der Waals surface area contributed by atoms with Crippen molar-refractivity contribution in [3.8, 4) is 0 Å². The molecule has 6 nitrogen and oxygen atoms in total. The molecule has 1 heterocycles. The van der Waals surface area contributed by atoms with Gasteiger partial charge in [-0.1, -0.05) is 29.8 Å². The number of ketones is 1. The summed E-state index contributed by atoms with van der Waals surface area (Å²) in [6.07, 6.45) is 0. The maximum atomic E-state index is 12.0. The number of hydrogen-bond acceptors (Lipinski definition) is 5. The molecule has 0 unspecified atom stereocenters. The van der Waals surface area contributed by atoms with Gasteiger partial charge in [0.25, 0.3) is 11.8 Å². The Hall–Kier alpha value is -3.28. The van der Waals surface area contributed by atoms with E-state index in [0.717, 1.165) is 5.56 Å². The van der Waals surface area contributed by atoms with E-state index in [9.17, 15) is 19.2 Å². The van der Waals surface area contributed by atoms with E-state index < -0.39 is 24.4 Å². The number of Topliss-reactive ketones (excluding diaryl/α,β-unsaturated/α-hetero) is 1. The number of ether oxygens (including phenoxy) is 1. The number of aryl methyl sites for hydroxylation is 1. The number of imide groups is 1. The zero-order valence-electron chi connectivity index (χ0n) is 12.8. The normalized spacial score (nSPS) is 12.5. The average molecular weight is 323 g/mol. The molecule has 1 aliphatic rings. The summed E-state index contributed by atoms with van der Waals surface area (Å²) in [6, 6.07) is 11.0. The minimum absolute atomic E-state index is 0.107. The molecule has 2 amide bonds. The van der Waals surface area contributed by atoms with Gasteiger partial charge in [-0.3, -0.25) is 19.7 Å². The van der Waals surface area contributed by atoms with Gasteiger partial charge in [-0.2, -0.15) is 0 Å². The van der Waals surface area contributed by atoms with Crippen molar-refractivity contribution in [2.24, 2.45) is 0 Å². The Labute approximate surface area is 137 Å². The van der Waals surface area contributed by atoms with Gasteiger partial charge in [-0.15, -0.1) is 0 Å². The van der Waals surface area contributed by atoms with Gasteiger partial charge in [-0.25, -0.2) is 4.79 Å². The van der Waals surface area contributed by atoms with E-state index in [-0.39, 0.29) is 22.5 Å². The minimum Gasteiger partial charge on any atom is -0.454 e. The fraction of sp³-hybridized carbons (Fsp3) is 0.111. The van der Waals surface area contributed by atoms with Crippen LogP contribution in [-0.2, 0) is 4.74 Å². The Morgan fingerprint density at radius 1 is 0.917 bits per heavy atom. The molecule has 0 saturated heterocycles. The molecule has 1 N–H and O–H groups in total. The molecule has 0 atom stereocenters.